The second-order valence-corrected chi connectivity index (χ2v) is 3.84. The molecule has 17 heavy (non-hydrogen) atoms. The molecule has 2 aromatic rings. The van der Waals surface area contributed by atoms with E-state index in [0.29, 0.717) is 12.3 Å². The smallest absolute Gasteiger partial charge is 0.133 e. The van der Waals surface area contributed by atoms with Gasteiger partial charge in [-0.2, -0.15) is 0 Å². The van der Waals surface area contributed by atoms with Gasteiger partial charge in [0, 0.05) is 18.9 Å². The number of aliphatic hydroxyl groups is 1. The molecule has 0 fully saturated rings. The second-order valence-electron chi connectivity index (χ2n) is 3.84. The zero-order chi connectivity index (χ0) is 11.9. The van der Waals surface area contributed by atoms with E-state index in [1.807, 2.05) is 12.1 Å². The summed E-state index contributed by atoms with van der Waals surface area (Å²) in [5, 5.41) is 12.9. The number of nitrogens with zero attached hydrogens (tertiary/aromatic N) is 1. The molecule has 0 amide bonds. The highest BCUT2D eigenvalue weighted by Crippen LogP contribution is 2.11. The van der Waals surface area contributed by atoms with Crippen LogP contribution in [0.25, 0.3) is 0 Å². The predicted molar refractivity (Wildman–Crippen MR) is 64.5 cm³/mol. The van der Waals surface area contributed by atoms with Gasteiger partial charge in [-0.05, 0) is 42.8 Å². The average molecular weight is 232 g/mol. The van der Waals surface area contributed by atoms with Gasteiger partial charge in [-0.15, -0.1) is 0 Å². The number of rotatable bonds is 6. The number of hydrogen-bond acceptors (Lipinski definition) is 4. The Balaban J connectivity index is 1.67. The minimum Gasteiger partial charge on any atom is -0.467 e. The zero-order valence-electron chi connectivity index (χ0n) is 9.54. The molecule has 1 atom stereocenters. The Labute approximate surface area is 100 Å². The molecule has 4 heteroatoms. The van der Waals surface area contributed by atoms with Crippen molar-refractivity contribution < 1.29 is 9.52 Å². The minimum atomic E-state index is -0.581. The van der Waals surface area contributed by atoms with Crippen molar-refractivity contribution in [3.63, 3.8) is 0 Å². The summed E-state index contributed by atoms with van der Waals surface area (Å²) < 4.78 is 5.11. The Morgan fingerprint density at radius 2 is 2.12 bits per heavy atom. The van der Waals surface area contributed by atoms with Crippen molar-refractivity contribution in [3.05, 3.63) is 54.2 Å². The van der Waals surface area contributed by atoms with Gasteiger partial charge in [0.05, 0.1) is 6.26 Å². The van der Waals surface area contributed by atoms with Crippen LogP contribution in [0.3, 0.4) is 0 Å². The molecule has 0 radical (unpaired) electrons. The van der Waals surface area contributed by atoms with Crippen LogP contribution in [0.4, 0.5) is 0 Å². The molecule has 0 saturated heterocycles. The van der Waals surface area contributed by atoms with Crippen LogP contribution in [-0.2, 0) is 6.42 Å². The van der Waals surface area contributed by atoms with Crippen molar-refractivity contribution in [3.8, 4) is 0 Å². The summed E-state index contributed by atoms with van der Waals surface area (Å²) in [6, 6.07) is 7.53. The summed E-state index contributed by atoms with van der Waals surface area (Å²) in [6.07, 6.45) is 5.48. The van der Waals surface area contributed by atoms with E-state index in [0.717, 1.165) is 13.0 Å². The molecule has 0 aliphatic heterocycles. The third-order valence-corrected chi connectivity index (χ3v) is 2.55. The lowest BCUT2D eigenvalue weighted by atomic mass is 10.2. The monoisotopic (exact) mass is 232 g/mol. The van der Waals surface area contributed by atoms with Gasteiger partial charge >= 0.3 is 0 Å². The van der Waals surface area contributed by atoms with Crippen LogP contribution in [0.2, 0.25) is 0 Å². The Hall–Kier alpha value is -1.65. The topological polar surface area (TPSA) is 58.3 Å². The number of hydrogen-bond donors (Lipinski definition) is 2. The van der Waals surface area contributed by atoms with Crippen molar-refractivity contribution in [1.29, 1.82) is 0 Å². The quantitative estimate of drug-likeness (QED) is 0.742. The standard InChI is InChI=1S/C13H16N2O2/c16-12(13-2-1-9-17-13)10-15-8-5-11-3-6-14-7-4-11/h1-4,6-7,9,12,15-16H,5,8,10H2. The van der Waals surface area contributed by atoms with Crippen LogP contribution in [0.5, 0.6) is 0 Å². The van der Waals surface area contributed by atoms with E-state index in [4.69, 9.17) is 4.42 Å². The number of pyridine rings is 1. The highest BCUT2D eigenvalue weighted by Gasteiger charge is 2.08. The van der Waals surface area contributed by atoms with E-state index < -0.39 is 6.10 Å². The van der Waals surface area contributed by atoms with E-state index in [9.17, 15) is 5.11 Å². The molecule has 0 spiro atoms. The average Bonchev–Trinajstić information content (AvgIpc) is 2.89. The second kappa shape index (κ2) is 6.18. The van der Waals surface area contributed by atoms with Gasteiger partial charge in [0.25, 0.3) is 0 Å². The number of aliphatic hydroxyl groups excluding tert-OH is 1. The molecule has 2 N–H and O–H groups in total. The molecule has 1 unspecified atom stereocenters. The third-order valence-electron chi connectivity index (χ3n) is 2.55. The van der Waals surface area contributed by atoms with E-state index in [1.54, 1.807) is 30.8 Å². The number of furan rings is 1. The zero-order valence-corrected chi connectivity index (χ0v) is 9.54. The molecular formula is C13H16N2O2. The Morgan fingerprint density at radius 1 is 1.29 bits per heavy atom. The lowest BCUT2D eigenvalue weighted by Crippen LogP contribution is -2.23. The maximum atomic E-state index is 9.74. The van der Waals surface area contributed by atoms with Crippen molar-refractivity contribution in [1.82, 2.24) is 10.3 Å². The molecule has 4 nitrogen and oxygen atoms in total. The normalized spacial score (nSPS) is 12.5. The molecule has 0 aliphatic rings. The van der Waals surface area contributed by atoms with Gasteiger partial charge in [0.2, 0.25) is 0 Å². The van der Waals surface area contributed by atoms with Crippen LogP contribution in [0.15, 0.2) is 47.3 Å². The van der Waals surface area contributed by atoms with Gasteiger partial charge in [0.15, 0.2) is 0 Å². The van der Waals surface area contributed by atoms with Crippen molar-refractivity contribution in [2.24, 2.45) is 0 Å². The molecule has 90 valence electrons. The highest BCUT2D eigenvalue weighted by molar-refractivity contribution is 5.09. The fourth-order valence-electron chi connectivity index (χ4n) is 1.60. The van der Waals surface area contributed by atoms with Gasteiger partial charge in [-0.25, -0.2) is 0 Å². The summed E-state index contributed by atoms with van der Waals surface area (Å²) in [6.45, 7) is 1.32. The maximum Gasteiger partial charge on any atom is 0.133 e. The summed E-state index contributed by atoms with van der Waals surface area (Å²) >= 11 is 0. The van der Waals surface area contributed by atoms with Crippen LogP contribution in [0, 0.1) is 0 Å². The fourth-order valence-corrected chi connectivity index (χ4v) is 1.60. The van der Waals surface area contributed by atoms with E-state index in [2.05, 4.69) is 10.3 Å². The van der Waals surface area contributed by atoms with E-state index in [1.165, 1.54) is 5.56 Å². The minimum absolute atomic E-state index is 0.499. The molecule has 0 aliphatic carbocycles. The molecule has 2 rings (SSSR count). The third kappa shape index (κ3) is 3.69. The van der Waals surface area contributed by atoms with Crippen LogP contribution in [0.1, 0.15) is 17.4 Å². The molecule has 2 heterocycles. The Morgan fingerprint density at radius 3 is 2.82 bits per heavy atom. The Kier molecular flexibility index (Phi) is 4.30. The predicted octanol–water partition coefficient (Wildman–Crippen LogP) is 1.54. The maximum absolute atomic E-state index is 9.74. The summed E-state index contributed by atoms with van der Waals surface area (Å²) in [7, 11) is 0. The summed E-state index contributed by atoms with van der Waals surface area (Å²) in [5.41, 5.74) is 1.24. The molecular weight excluding hydrogens is 216 g/mol. The van der Waals surface area contributed by atoms with Crippen molar-refractivity contribution >= 4 is 0 Å². The number of nitrogens with one attached hydrogen (secondary N) is 1. The van der Waals surface area contributed by atoms with Crippen molar-refractivity contribution in [2.75, 3.05) is 13.1 Å². The lowest BCUT2D eigenvalue weighted by Gasteiger charge is -2.09. The first-order valence-corrected chi connectivity index (χ1v) is 5.67. The highest BCUT2D eigenvalue weighted by atomic mass is 16.4. The van der Waals surface area contributed by atoms with Gasteiger partial charge < -0.3 is 14.8 Å². The van der Waals surface area contributed by atoms with Crippen molar-refractivity contribution in [2.45, 2.75) is 12.5 Å². The van der Waals surface area contributed by atoms with Crippen LogP contribution in [-0.4, -0.2) is 23.2 Å². The molecule has 0 aromatic carbocycles. The van der Waals surface area contributed by atoms with Crippen LogP contribution < -0.4 is 5.32 Å². The first-order chi connectivity index (χ1) is 8.36. The van der Waals surface area contributed by atoms with Crippen LogP contribution >= 0.6 is 0 Å². The SMILES string of the molecule is OC(CNCCc1ccncc1)c1ccco1. The van der Waals surface area contributed by atoms with E-state index >= 15 is 0 Å². The molecule has 2 aromatic heterocycles. The van der Waals surface area contributed by atoms with Gasteiger partial charge in [-0.1, -0.05) is 0 Å². The fraction of sp³-hybridized carbons (Fsp3) is 0.308. The molecule has 0 saturated carbocycles. The van der Waals surface area contributed by atoms with E-state index in [-0.39, 0.29) is 0 Å². The number of aromatic nitrogens is 1. The largest absolute Gasteiger partial charge is 0.467 e. The first kappa shape index (κ1) is 11.8. The lowest BCUT2D eigenvalue weighted by molar-refractivity contribution is 0.148. The Bertz CT molecular complexity index is 414. The summed E-state index contributed by atoms with van der Waals surface area (Å²) in [4.78, 5) is 3.96. The molecule has 0 bridgehead atoms. The van der Waals surface area contributed by atoms with Gasteiger partial charge in [0.1, 0.15) is 11.9 Å². The first-order valence-electron chi connectivity index (χ1n) is 5.67. The van der Waals surface area contributed by atoms with Gasteiger partial charge in [-0.3, -0.25) is 4.98 Å². The summed E-state index contributed by atoms with van der Waals surface area (Å²) in [5.74, 6) is 0.599.